The first kappa shape index (κ1) is 21.3. The quantitative estimate of drug-likeness (QED) is 0.759. The summed E-state index contributed by atoms with van der Waals surface area (Å²) < 4.78 is 0. The SMILES string of the molecule is Cc1ccc(CNC(=O)c2nnc(CN3CCCC(C(=O)O)C3)s2)cc1.Cl. The first-order chi connectivity index (χ1) is 12.5. The third-order valence-electron chi connectivity index (χ3n) is 4.45. The summed E-state index contributed by atoms with van der Waals surface area (Å²) in [5.74, 6) is -1.31. The predicted octanol–water partition coefficient (Wildman–Crippen LogP) is 2.49. The van der Waals surface area contributed by atoms with Gasteiger partial charge in [-0.25, -0.2) is 0 Å². The van der Waals surface area contributed by atoms with Crippen molar-refractivity contribution < 1.29 is 14.7 Å². The molecule has 1 saturated heterocycles. The van der Waals surface area contributed by atoms with Gasteiger partial charge in [-0.05, 0) is 31.9 Å². The minimum Gasteiger partial charge on any atom is -0.481 e. The molecule has 0 bridgehead atoms. The van der Waals surface area contributed by atoms with Crippen LogP contribution in [0.15, 0.2) is 24.3 Å². The Morgan fingerprint density at radius 3 is 2.74 bits per heavy atom. The van der Waals surface area contributed by atoms with Crippen molar-refractivity contribution in [3.8, 4) is 0 Å². The fourth-order valence-corrected chi connectivity index (χ4v) is 3.76. The van der Waals surface area contributed by atoms with Crippen LogP contribution in [-0.2, 0) is 17.9 Å². The number of nitrogens with zero attached hydrogens (tertiary/aromatic N) is 3. The van der Waals surface area contributed by atoms with Gasteiger partial charge in [-0.15, -0.1) is 22.6 Å². The van der Waals surface area contributed by atoms with Crippen LogP contribution in [0, 0.1) is 12.8 Å². The fraction of sp³-hybridized carbons (Fsp3) is 0.444. The van der Waals surface area contributed by atoms with E-state index in [2.05, 4.69) is 20.4 Å². The van der Waals surface area contributed by atoms with Crippen LogP contribution in [0.25, 0.3) is 0 Å². The average molecular weight is 411 g/mol. The Balaban J connectivity index is 0.00000261. The molecule has 0 radical (unpaired) electrons. The molecule has 1 amide bonds. The van der Waals surface area contributed by atoms with Gasteiger partial charge in [0, 0.05) is 13.1 Å². The van der Waals surface area contributed by atoms with Gasteiger partial charge in [0.25, 0.3) is 5.91 Å². The van der Waals surface area contributed by atoms with Gasteiger partial charge in [0.15, 0.2) is 0 Å². The molecule has 0 aliphatic carbocycles. The smallest absolute Gasteiger partial charge is 0.307 e. The Kier molecular flexibility index (Phi) is 7.70. The Hall–Kier alpha value is -2.03. The molecular formula is C18H23ClN4O3S. The van der Waals surface area contributed by atoms with Crippen LogP contribution in [0.4, 0.5) is 0 Å². The maximum atomic E-state index is 12.2. The third-order valence-corrected chi connectivity index (χ3v) is 5.36. The van der Waals surface area contributed by atoms with Crippen LogP contribution in [-0.4, -0.2) is 45.2 Å². The number of hydrogen-bond acceptors (Lipinski definition) is 6. The summed E-state index contributed by atoms with van der Waals surface area (Å²) in [6.07, 6.45) is 1.58. The van der Waals surface area contributed by atoms with Crippen molar-refractivity contribution in [3.63, 3.8) is 0 Å². The number of aliphatic carboxylic acids is 1. The van der Waals surface area contributed by atoms with Crippen LogP contribution in [0.1, 0.15) is 38.8 Å². The van der Waals surface area contributed by atoms with E-state index in [0.717, 1.165) is 23.5 Å². The Morgan fingerprint density at radius 1 is 1.30 bits per heavy atom. The number of hydrogen-bond donors (Lipinski definition) is 2. The number of carboxylic acid groups (broad SMARTS) is 1. The van der Waals surface area contributed by atoms with Crippen LogP contribution in [0.2, 0.25) is 0 Å². The molecule has 2 N–H and O–H groups in total. The highest BCUT2D eigenvalue weighted by atomic mass is 35.5. The fourth-order valence-electron chi connectivity index (χ4n) is 2.97. The van der Waals surface area contributed by atoms with Crippen molar-refractivity contribution in [2.75, 3.05) is 13.1 Å². The number of carbonyl (C=O) groups excluding carboxylic acids is 1. The zero-order valence-electron chi connectivity index (χ0n) is 15.1. The second kappa shape index (κ2) is 9.77. The molecular weight excluding hydrogens is 388 g/mol. The lowest BCUT2D eigenvalue weighted by Crippen LogP contribution is -2.38. The largest absolute Gasteiger partial charge is 0.481 e. The summed E-state index contributed by atoms with van der Waals surface area (Å²) in [5, 5.41) is 21.1. The van der Waals surface area contributed by atoms with E-state index in [1.807, 2.05) is 31.2 Å². The molecule has 0 saturated carbocycles. The lowest BCUT2D eigenvalue weighted by atomic mass is 9.98. The maximum Gasteiger partial charge on any atom is 0.307 e. The van der Waals surface area contributed by atoms with E-state index >= 15 is 0 Å². The maximum absolute atomic E-state index is 12.2. The Bertz CT molecular complexity index is 781. The zero-order chi connectivity index (χ0) is 18.5. The molecule has 9 heteroatoms. The molecule has 2 heterocycles. The van der Waals surface area contributed by atoms with E-state index in [4.69, 9.17) is 5.11 Å². The third kappa shape index (κ3) is 5.98. The second-order valence-electron chi connectivity index (χ2n) is 6.58. The van der Waals surface area contributed by atoms with Crippen molar-refractivity contribution in [1.82, 2.24) is 20.4 Å². The minimum atomic E-state index is -0.747. The number of likely N-dealkylation sites (tertiary alicyclic amines) is 1. The van der Waals surface area contributed by atoms with Gasteiger partial charge in [-0.3, -0.25) is 14.5 Å². The zero-order valence-corrected chi connectivity index (χ0v) is 16.7. The number of aromatic nitrogens is 2. The number of carbonyl (C=O) groups is 2. The highest BCUT2D eigenvalue weighted by molar-refractivity contribution is 7.13. The molecule has 1 aromatic carbocycles. The molecule has 7 nitrogen and oxygen atoms in total. The van der Waals surface area contributed by atoms with E-state index in [0.29, 0.717) is 31.1 Å². The van der Waals surface area contributed by atoms with Gasteiger partial charge in [0.05, 0.1) is 12.5 Å². The topological polar surface area (TPSA) is 95.4 Å². The molecule has 1 atom stereocenters. The molecule has 2 aromatic rings. The number of amides is 1. The van der Waals surface area contributed by atoms with Gasteiger partial charge >= 0.3 is 5.97 Å². The van der Waals surface area contributed by atoms with Gasteiger partial charge in [0.2, 0.25) is 5.01 Å². The molecule has 1 aliphatic rings. The van der Waals surface area contributed by atoms with Crippen molar-refractivity contribution >= 4 is 35.6 Å². The molecule has 0 spiro atoms. The van der Waals surface area contributed by atoms with Crippen molar-refractivity contribution in [3.05, 3.63) is 45.4 Å². The predicted molar refractivity (Wildman–Crippen MR) is 105 cm³/mol. The van der Waals surface area contributed by atoms with Crippen molar-refractivity contribution in [1.29, 1.82) is 0 Å². The summed E-state index contributed by atoms with van der Waals surface area (Å²) in [5.41, 5.74) is 2.21. The first-order valence-electron chi connectivity index (χ1n) is 8.62. The summed E-state index contributed by atoms with van der Waals surface area (Å²) in [7, 11) is 0. The average Bonchev–Trinajstić information content (AvgIpc) is 3.10. The Morgan fingerprint density at radius 2 is 2.04 bits per heavy atom. The van der Waals surface area contributed by atoms with E-state index < -0.39 is 5.97 Å². The number of aryl methyl sites for hydroxylation is 1. The number of benzene rings is 1. The molecule has 1 fully saturated rings. The molecule has 1 aromatic heterocycles. The minimum absolute atomic E-state index is 0. The number of piperidine rings is 1. The first-order valence-corrected chi connectivity index (χ1v) is 9.44. The van der Waals surface area contributed by atoms with Crippen LogP contribution in [0.3, 0.4) is 0 Å². The van der Waals surface area contributed by atoms with Gasteiger partial charge in [-0.1, -0.05) is 41.2 Å². The van der Waals surface area contributed by atoms with Crippen LogP contribution in [0.5, 0.6) is 0 Å². The van der Waals surface area contributed by atoms with Crippen molar-refractivity contribution in [2.45, 2.75) is 32.9 Å². The molecule has 1 aliphatic heterocycles. The second-order valence-corrected chi connectivity index (χ2v) is 7.64. The lowest BCUT2D eigenvalue weighted by Gasteiger charge is -2.29. The molecule has 1 unspecified atom stereocenters. The summed E-state index contributed by atoms with van der Waals surface area (Å²) in [6, 6.07) is 7.98. The normalized spacial score (nSPS) is 17.1. The number of nitrogens with one attached hydrogen (secondary N) is 1. The van der Waals surface area contributed by atoms with Gasteiger partial charge < -0.3 is 10.4 Å². The number of rotatable bonds is 6. The molecule has 146 valence electrons. The van der Waals surface area contributed by atoms with Gasteiger partial charge in [0.1, 0.15) is 5.01 Å². The standard InChI is InChI=1S/C18H22N4O3S.ClH/c1-12-4-6-13(7-5-12)9-19-16(23)17-21-20-15(26-17)11-22-8-2-3-14(10-22)18(24)25;/h4-7,14H,2-3,8-11H2,1H3,(H,19,23)(H,24,25);1H. The van der Waals surface area contributed by atoms with Crippen molar-refractivity contribution in [2.24, 2.45) is 5.92 Å². The van der Waals surface area contributed by atoms with E-state index in [1.165, 1.54) is 16.9 Å². The number of halogens is 1. The van der Waals surface area contributed by atoms with Crippen LogP contribution < -0.4 is 5.32 Å². The van der Waals surface area contributed by atoms with E-state index in [9.17, 15) is 9.59 Å². The van der Waals surface area contributed by atoms with E-state index in [-0.39, 0.29) is 24.2 Å². The molecule has 27 heavy (non-hydrogen) atoms. The monoisotopic (exact) mass is 410 g/mol. The summed E-state index contributed by atoms with van der Waals surface area (Å²) in [4.78, 5) is 25.5. The van der Waals surface area contributed by atoms with Gasteiger partial charge in [-0.2, -0.15) is 0 Å². The molecule has 3 rings (SSSR count). The summed E-state index contributed by atoms with van der Waals surface area (Å²) in [6.45, 7) is 4.36. The number of carboxylic acids is 1. The summed E-state index contributed by atoms with van der Waals surface area (Å²) >= 11 is 1.26. The van der Waals surface area contributed by atoms with E-state index in [1.54, 1.807) is 0 Å². The highest BCUT2D eigenvalue weighted by Crippen LogP contribution is 2.20. The Labute approximate surface area is 168 Å². The highest BCUT2D eigenvalue weighted by Gasteiger charge is 2.26. The van der Waals surface area contributed by atoms with Crippen LogP contribution >= 0.6 is 23.7 Å². The lowest BCUT2D eigenvalue weighted by molar-refractivity contribution is -0.143.